The first-order valence-electron chi connectivity index (χ1n) is 12.8. The number of hydrogen-bond donors (Lipinski definition) is 0. The third-order valence-corrected chi connectivity index (χ3v) is 10.5. The van der Waals surface area contributed by atoms with Gasteiger partial charge in [0.15, 0.2) is 0 Å². The second-order valence-corrected chi connectivity index (χ2v) is 12.2. The van der Waals surface area contributed by atoms with Gasteiger partial charge in [0, 0.05) is 0 Å². The largest absolute Gasteiger partial charge is 0.274 e. The maximum absolute atomic E-state index is 13.7. The van der Waals surface area contributed by atoms with Crippen LogP contribution in [0, 0.1) is 65.6 Å². The summed E-state index contributed by atoms with van der Waals surface area (Å²) in [5.74, 6) is 4.76. The van der Waals surface area contributed by atoms with E-state index in [1.54, 1.807) is 4.90 Å². The van der Waals surface area contributed by atoms with E-state index in [-0.39, 0.29) is 23.7 Å². The standard InChI is InChI=1S/C28H37NO2/c1-15(2)14-28(17(4)18-7-8-20(28)11-18)23-13-19-12-22(23)25-24(19)26(30)29(27(25)31)21-9-5-16(3)6-10-21/h5-6,9-10,15,17-20,22-25H,7-8,11-14H2,1-4H3/t17?,18?,19?,20?,22?,23?,24-,25+,28?/m0/s1. The van der Waals surface area contributed by atoms with Crippen LogP contribution in [0.3, 0.4) is 0 Å². The van der Waals surface area contributed by atoms with E-state index in [9.17, 15) is 9.59 Å². The summed E-state index contributed by atoms with van der Waals surface area (Å²) in [6.07, 6.45) is 7.84. The minimum atomic E-state index is -0.0621. The molecule has 166 valence electrons. The molecule has 4 saturated carbocycles. The Morgan fingerprint density at radius 1 is 0.968 bits per heavy atom. The topological polar surface area (TPSA) is 37.4 Å². The van der Waals surface area contributed by atoms with Gasteiger partial charge in [-0.1, -0.05) is 38.5 Å². The van der Waals surface area contributed by atoms with Gasteiger partial charge >= 0.3 is 0 Å². The first kappa shape index (κ1) is 20.0. The molecule has 0 radical (unpaired) electrons. The van der Waals surface area contributed by atoms with E-state index in [4.69, 9.17) is 0 Å². The van der Waals surface area contributed by atoms with Crippen LogP contribution in [0.1, 0.15) is 64.9 Å². The molecule has 31 heavy (non-hydrogen) atoms. The van der Waals surface area contributed by atoms with Crippen molar-refractivity contribution < 1.29 is 9.59 Å². The second kappa shape index (κ2) is 6.68. The summed E-state index contributed by atoms with van der Waals surface area (Å²) in [5, 5.41) is 0. The van der Waals surface area contributed by atoms with Gasteiger partial charge in [-0.15, -0.1) is 0 Å². The van der Waals surface area contributed by atoms with Crippen LogP contribution in [0.2, 0.25) is 0 Å². The fourth-order valence-corrected chi connectivity index (χ4v) is 9.65. The second-order valence-electron chi connectivity index (χ2n) is 12.2. The highest BCUT2D eigenvalue weighted by Crippen LogP contribution is 2.72. The number of rotatable bonds is 4. The fourth-order valence-electron chi connectivity index (χ4n) is 9.65. The molecule has 1 aromatic rings. The number of carbonyl (C=O) groups excluding carboxylic acids is 2. The molecule has 0 aromatic heterocycles. The Hall–Kier alpha value is -1.64. The van der Waals surface area contributed by atoms with Gasteiger partial charge in [0.2, 0.25) is 11.8 Å². The first-order chi connectivity index (χ1) is 14.8. The molecule has 4 aliphatic carbocycles. The summed E-state index contributed by atoms with van der Waals surface area (Å²) in [7, 11) is 0. The Balaban J connectivity index is 1.35. The Bertz CT molecular complexity index is 915. The summed E-state index contributed by atoms with van der Waals surface area (Å²) < 4.78 is 0. The first-order valence-corrected chi connectivity index (χ1v) is 12.8. The van der Waals surface area contributed by atoms with Crippen LogP contribution in [0.15, 0.2) is 24.3 Å². The number of carbonyl (C=O) groups is 2. The zero-order valence-electron chi connectivity index (χ0n) is 19.5. The van der Waals surface area contributed by atoms with E-state index in [1.165, 1.54) is 32.1 Å². The molecule has 3 heteroatoms. The van der Waals surface area contributed by atoms with E-state index in [1.807, 2.05) is 31.2 Å². The maximum atomic E-state index is 13.7. The number of amides is 2. The van der Waals surface area contributed by atoms with E-state index in [0.717, 1.165) is 35.4 Å². The summed E-state index contributed by atoms with van der Waals surface area (Å²) >= 11 is 0. The molecule has 5 fully saturated rings. The number of aryl methyl sites for hydroxylation is 1. The summed E-state index contributed by atoms with van der Waals surface area (Å²) in [5.41, 5.74) is 2.34. The molecule has 4 bridgehead atoms. The van der Waals surface area contributed by atoms with Crippen molar-refractivity contribution in [1.29, 1.82) is 0 Å². The van der Waals surface area contributed by atoms with E-state index >= 15 is 0 Å². The summed E-state index contributed by atoms with van der Waals surface area (Å²) in [6, 6.07) is 7.92. The molecule has 7 unspecified atom stereocenters. The number of anilines is 1. The SMILES string of the molecule is Cc1ccc(N2C(=O)[C@@H]3C4CC(CC4C4(CC(C)C)C5CCC(C5)C4C)[C@@H]3C2=O)cc1. The van der Waals surface area contributed by atoms with Crippen LogP contribution in [0.25, 0.3) is 0 Å². The third kappa shape index (κ3) is 2.52. The third-order valence-electron chi connectivity index (χ3n) is 10.5. The van der Waals surface area contributed by atoms with Crippen molar-refractivity contribution in [1.82, 2.24) is 0 Å². The van der Waals surface area contributed by atoms with Crippen molar-refractivity contribution in [3.8, 4) is 0 Å². The van der Waals surface area contributed by atoms with Gasteiger partial charge in [-0.05, 0) is 104 Å². The Labute approximate surface area is 187 Å². The minimum absolute atomic E-state index is 0.0555. The number of hydrogen-bond acceptors (Lipinski definition) is 2. The van der Waals surface area contributed by atoms with Gasteiger partial charge in [0.25, 0.3) is 0 Å². The molecule has 9 atom stereocenters. The highest BCUT2D eigenvalue weighted by molar-refractivity contribution is 6.22. The predicted molar refractivity (Wildman–Crippen MR) is 122 cm³/mol. The number of nitrogens with zero attached hydrogens (tertiary/aromatic N) is 1. The summed E-state index contributed by atoms with van der Waals surface area (Å²) in [6.45, 7) is 9.36. The molecule has 1 heterocycles. The van der Waals surface area contributed by atoms with Gasteiger partial charge in [-0.3, -0.25) is 14.5 Å². The van der Waals surface area contributed by atoms with E-state index in [2.05, 4.69) is 20.8 Å². The molecule has 0 N–H and O–H groups in total. The molecule has 5 aliphatic rings. The smallest absolute Gasteiger partial charge is 0.237 e. The van der Waals surface area contributed by atoms with Crippen LogP contribution >= 0.6 is 0 Å². The van der Waals surface area contributed by atoms with E-state index in [0.29, 0.717) is 29.1 Å². The van der Waals surface area contributed by atoms with Crippen molar-refractivity contribution in [2.75, 3.05) is 4.90 Å². The number of fused-ring (bicyclic) bond motifs is 7. The molecule has 1 saturated heterocycles. The average Bonchev–Trinajstić information content (AvgIpc) is 3.52. The van der Waals surface area contributed by atoms with Gasteiger partial charge in [0.05, 0.1) is 17.5 Å². The molecule has 2 amide bonds. The lowest BCUT2D eigenvalue weighted by molar-refractivity contribution is -0.126. The Morgan fingerprint density at radius 2 is 1.68 bits per heavy atom. The average molecular weight is 420 g/mol. The Kier molecular flexibility index (Phi) is 4.31. The highest BCUT2D eigenvalue weighted by Gasteiger charge is 2.70. The van der Waals surface area contributed by atoms with Crippen molar-refractivity contribution in [2.45, 2.75) is 66.2 Å². The molecule has 1 aromatic carbocycles. The molecule has 6 rings (SSSR count). The molecule has 1 aliphatic heterocycles. The maximum Gasteiger partial charge on any atom is 0.237 e. The zero-order chi connectivity index (χ0) is 21.7. The lowest BCUT2D eigenvalue weighted by atomic mass is 9.52. The van der Waals surface area contributed by atoms with Crippen molar-refractivity contribution in [3.05, 3.63) is 29.8 Å². The van der Waals surface area contributed by atoms with Gasteiger partial charge in [-0.25, -0.2) is 0 Å². The Morgan fingerprint density at radius 3 is 2.32 bits per heavy atom. The van der Waals surface area contributed by atoms with Crippen molar-refractivity contribution >= 4 is 17.5 Å². The quantitative estimate of drug-likeness (QED) is 0.574. The van der Waals surface area contributed by atoms with Gasteiger partial charge < -0.3 is 0 Å². The monoisotopic (exact) mass is 419 g/mol. The normalized spacial score (nSPS) is 45.4. The van der Waals surface area contributed by atoms with Crippen LogP contribution in [0.4, 0.5) is 5.69 Å². The lowest BCUT2D eigenvalue weighted by Crippen LogP contribution is -2.48. The number of benzene rings is 1. The molecular formula is C28H37NO2. The molecular weight excluding hydrogens is 382 g/mol. The molecule has 0 spiro atoms. The lowest BCUT2D eigenvalue weighted by Gasteiger charge is -2.52. The minimum Gasteiger partial charge on any atom is -0.274 e. The van der Waals surface area contributed by atoms with Crippen LogP contribution < -0.4 is 4.90 Å². The van der Waals surface area contributed by atoms with Crippen LogP contribution in [-0.2, 0) is 9.59 Å². The van der Waals surface area contributed by atoms with Crippen LogP contribution in [-0.4, -0.2) is 11.8 Å². The zero-order valence-corrected chi connectivity index (χ0v) is 19.5. The van der Waals surface area contributed by atoms with Crippen molar-refractivity contribution in [2.24, 2.45) is 58.7 Å². The highest BCUT2D eigenvalue weighted by atomic mass is 16.2. The number of imide groups is 1. The van der Waals surface area contributed by atoms with E-state index < -0.39 is 0 Å². The van der Waals surface area contributed by atoms with Crippen LogP contribution in [0.5, 0.6) is 0 Å². The van der Waals surface area contributed by atoms with Gasteiger partial charge in [0.1, 0.15) is 0 Å². The molecule has 3 nitrogen and oxygen atoms in total. The van der Waals surface area contributed by atoms with Gasteiger partial charge in [-0.2, -0.15) is 0 Å². The predicted octanol–water partition coefficient (Wildman–Crippen LogP) is 5.86. The van der Waals surface area contributed by atoms with Crippen molar-refractivity contribution in [3.63, 3.8) is 0 Å². The fraction of sp³-hybridized carbons (Fsp3) is 0.714. The summed E-state index contributed by atoms with van der Waals surface area (Å²) in [4.78, 5) is 28.7.